The fraction of sp³-hybridized carbons (Fsp3) is 0.438. The number of ether oxygens (including phenoxy) is 2. The van der Waals surface area contributed by atoms with E-state index < -0.39 is 35.1 Å². The van der Waals surface area contributed by atoms with E-state index in [1.165, 1.54) is 30.3 Å². The molecule has 0 saturated carbocycles. The fourth-order valence-electron chi connectivity index (χ4n) is 5.16. The van der Waals surface area contributed by atoms with Gasteiger partial charge in [-0.25, -0.2) is 23.9 Å². The number of hydrogen-bond donors (Lipinski definition) is 3. The van der Waals surface area contributed by atoms with Gasteiger partial charge in [0, 0.05) is 31.7 Å². The van der Waals surface area contributed by atoms with Gasteiger partial charge in [0.15, 0.2) is 5.82 Å². The third kappa shape index (κ3) is 7.44. The number of aromatic amines is 1. The third-order valence-corrected chi connectivity index (χ3v) is 7.07. The van der Waals surface area contributed by atoms with Gasteiger partial charge in [-0.1, -0.05) is 6.07 Å². The lowest BCUT2D eigenvalue weighted by Crippen LogP contribution is -2.40. The Kier molecular flexibility index (Phi) is 8.74. The number of carbonyl (C=O) groups excluding carboxylic acids is 3. The number of rotatable bonds is 6. The van der Waals surface area contributed by atoms with Gasteiger partial charge >= 0.3 is 12.2 Å². The lowest BCUT2D eigenvalue weighted by Gasteiger charge is -2.25. The van der Waals surface area contributed by atoms with Crippen LogP contribution in [0.15, 0.2) is 36.5 Å². The minimum absolute atomic E-state index is 0.0137. The van der Waals surface area contributed by atoms with Gasteiger partial charge < -0.3 is 30.0 Å². The first-order chi connectivity index (χ1) is 21.6. The molecule has 1 aromatic carbocycles. The Morgan fingerprint density at radius 1 is 1.09 bits per heavy atom. The van der Waals surface area contributed by atoms with Gasteiger partial charge in [-0.3, -0.25) is 14.7 Å². The first kappa shape index (κ1) is 32.4. The normalized spacial score (nSPS) is 15.2. The minimum Gasteiger partial charge on any atom is -0.444 e. The van der Waals surface area contributed by atoms with Crippen LogP contribution < -0.4 is 20.4 Å². The Morgan fingerprint density at radius 2 is 1.83 bits per heavy atom. The van der Waals surface area contributed by atoms with Gasteiger partial charge in [0.25, 0.3) is 5.91 Å². The lowest BCUT2D eigenvalue weighted by molar-refractivity contribution is 0.0507. The zero-order valence-electron chi connectivity index (χ0n) is 27.0. The number of fused-ring (bicyclic) bond motifs is 3. The predicted molar refractivity (Wildman–Crippen MR) is 171 cm³/mol. The molecule has 4 heterocycles. The summed E-state index contributed by atoms with van der Waals surface area (Å²) < 4.78 is 26.2. The Labute approximate surface area is 265 Å². The van der Waals surface area contributed by atoms with Crippen molar-refractivity contribution in [2.24, 2.45) is 0 Å². The number of halogens is 1. The van der Waals surface area contributed by atoms with Crippen molar-refractivity contribution < 1.29 is 28.2 Å². The highest BCUT2D eigenvalue weighted by Crippen LogP contribution is 2.38. The standard InChI is InChI=1S/C32H39FN8O5/c1-31(2,3)45-29(43)36-19-11-13-41(17-19)27-24-20-14-18(33)15-22(40(7)30(44)46-32(4,5)6)25(20)39-26(24)37-23(38-27)16-35-28(42)21-10-8-9-12-34-21/h8-10,12,14-15,19H,11,13,16-17H2,1-7H3,(H,35,42)(H,36,43)(H,37,38,39)/t19-/m0/s1. The summed E-state index contributed by atoms with van der Waals surface area (Å²) in [6.07, 6.45) is 0.965. The first-order valence-electron chi connectivity index (χ1n) is 15.0. The van der Waals surface area contributed by atoms with Crippen LogP contribution in [0.3, 0.4) is 0 Å². The molecule has 0 bridgehead atoms. The van der Waals surface area contributed by atoms with E-state index in [-0.39, 0.29) is 24.0 Å². The van der Waals surface area contributed by atoms with Crippen LogP contribution in [0, 0.1) is 5.82 Å². The molecule has 0 aliphatic carbocycles. The molecule has 4 aromatic rings. The van der Waals surface area contributed by atoms with E-state index in [1.54, 1.807) is 59.7 Å². The van der Waals surface area contributed by atoms with Gasteiger partial charge in [0.2, 0.25) is 0 Å². The summed E-state index contributed by atoms with van der Waals surface area (Å²) in [5, 5.41) is 6.71. The second-order valence-corrected chi connectivity index (χ2v) is 13.2. The molecule has 244 valence electrons. The molecular weight excluding hydrogens is 595 g/mol. The van der Waals surface area contributed by atoms with Crippen LogP contribution in [0.5, 0.6) is 0 Å². The largest absolute Gasteiger partial charge is 0.444 e. The Bertz CT molecular complexity index is 1780. The molecule has 1 saturated heterocycles. The molecule has 1 fully saturated rings. The summed E-state index contributed by atoms with van der Waals surface area (Å²) in [5.74, 6) is -0.177. The SMILES string of the molecule is CN(C(=O)OC(C)(C)C)c1cc(F)cc2c1[nH]c1nc(CNC(=O)c3ccccn3)nc(N3CC[C@H](NC(=O)OC(C)(C)C)C3)c12. The number of H-pyrrole nitrogens is 1. The zero-order chi connectivity index (χ0) is 33.4. The summed E-state index contributed by atoms with van der Waals surface area (Å²) in [5.41, 5.74) is -0.0637. The van der Waals surface area contributed by atoms with Crippen molar-refractivity contribution in [3.63, 3.8) is 0 Å². The number of hydrogen-bond acceptors (Lipinski definition) is 9. The van der Waals surface area contributed by atoms with Crippen LogP contribution in [0.1, 0.15) is 64.3 Å². The molecule has 0 unspecified atom stereocenters. The first-order valence-corrected chi connectivity index (χ1v) is 15.0. The van der Waals surface area contributed by atoms with E-state index >= 15 is 4.39 Å². The maximum atomic E-state index is 15.2. The van der Waals surface area contributed by atoms with Gasteiger partial charge in [-0.15, -0.1) is 0 Å². The molecule has 1 atom stereocenters. The summed E-state index contributed by atoms with van der Waals surface area (Å²) in [6, 6.07) is 7.41. The summed E-state index contributed by atoms with van der Waals surface area (Å²) in [6.45, 7) is 11.5. The number of benzene rings is 1. The predicted octanol–water partition coefficient (Wildman–Crippen LogP) is 5.05. The number of nitrogens with zero attached hydrogens (tertiary/aromatic N) is 5. The maximum Gasteiger partial charge on any atom is 0.414 e. The Hall–Kier alpha value is -5.01. The van der Waals surface area contributed by atoms with Crippen molar-refractivity contribution in [1.29, 1.82) is 0 Å². The maximum absolute atomic E-state index is 15.2. The molecule has 3 aromatic heterocycles. The molecule has 1 aliphatic heterocycles. The van der Waals surface area contributed by atoms with E-state index in [1.807, 2.05) is 4.90 Å². The van der Waals surface area contributed by atoms with Crippen LogP contribution in [-0.2, 0) is 16.0 Å². The molecular formula is C32H39FN8O5. The molecule has 13 nitrogen and oxygen atoms in total. The smallest absolute Gasteiger partial charge is 0.414 e. The quantitative estimate of drug-likeness (QED) is 0.264. The average molecular weight is 635 g/mol. The van der Waals surface area contributed by atoms with Crippen LogP contribution in [0.25, 0.3) is 21.9 Å². The van der Waals surface area contributed by atoms with Crippen molar-refractivity contribution in [3.05, 3.63) is 53.9 Å². The topological polar surface area (TPSA) is 155 Å². The number of nitrogens with one attached hydrogen (secondary N) is 3. The van der Waals surface area contributed by atoms with Crippen LogP contribution in [0.2, 0.25) is 0 Å². The molecule has 46 heavy (non-hydrogen) atoms. The molecule has 3 N–H and O–H groups in total. The second kappa shape index (κ2) is 12.4. The second-order valence-electron chi connectivity index (χ2n) is 13.2. The van der Waals surface area contributed by atoms with Crippen LogP contribution in [-0.4, -0.2) is 75.4 Å². The van der Waals surface area contributed by atoms with E-state index in [2.05, 4.69) is 25.6 Å². The molecule has 1 aliphatic rings. The number of alkyl carbamates (subject to hydrolysis) is 1. The highest BCUT2D eigenvalue weighted by molar-refractivity contribution is 6.16. The fourth-order valence-corrected chi connectivity index (χ4v) is 5.16. The Morgan fingerprint density at radius 3 is 2.50 bits per heavy atom. The summed E-state index contributed by atoms with van der Waals surface area (Å²) in [7, 11) is 1.51. The molecule has 0 spiro atoms. The van der Waals surface area contributed by atoms with Crippen molar-refractivity contribution in [1.82, 2.24) is 30.6 Å². The number of pyridine rings is 1. The molecule has 3 amide bonds. The highest BCUT2D eigenvalue weighted by Gasteiger charge is 2.31. The van der Waals surface area contributed by atoms with Crippen molar-refractivity contribution >= 4 is 51.5 Å². The molecule has 5 rings (SSSR count). The summed E-state index contributed by atoms with van der Waals surface area (Å²) >= 11 is 0. The van der Waals surface area contributed by atoms with E-state index in [4.69, 9.17) is 14.5 Å². The summed E-state index contributed by atoms with van der Waals surface area (Å²) in [4.78, 5) is 58.3. The number of aromatic nitrogens is 4. The lowest BCUT2D eigenvalue weighted by atomic mass is 10.1. The zero-order valence-corrected chi connectivity index (χ0v) is 27.0. The van der Waals surface area contributed by atoms with E-state index in [9.17, 15) is 14.4 Å². The molecule has 14 heteroatoms. The van der Waals surface area contributed by atoms with E-state index in [0.29, 0.717) is 53.1 Å². The third-order valence-electron chi connectivity index (χ3n) is 7.07. The van der Waals surface area contributed by atoms with Crippen LogP contribution >= 0.6 is 0 Å². The van der Waals surface area contributed by atoms with E-state index in [0.717, 1.165) is 0 Å². The monoisotopic (exact) mass is 634 g/mol. The van der Waals surface area contributed by atoms with Gasteiger partial charge in [0.05, 0.1) is 29.2 Å². The van der Waals surface area contributed by atoms with Crippen molar-refractivity contribution in [3.8, 4) is 0 Å². The van der Waals surface area contributed by atoms with Gasteiger partial charge in [-0.2, -0.15) is 0 Å². The minimum atomic E-state index is -0.759. The van der Waals surface area contributed by atoms with Gasteiger partial charge in [0.1, 0.15) is 34.2 Å². The van der Waals surface area contributed by atoms with Gasteiger partial charge in [-0.05, 0) is 72.2 Å². The Balaban J connectivity index is 1.54. The highest BCUT2D eigenvalue weighted by atomic mass is 19.1. The van der Waals surface area contributed by atoms with Crippen molar-refractivity contribution in [2.75, 3.05) is 29.9 Å². The molecule has 0 radical (unpaired) electrons. The van der Waals surface area contributed by atoms with Crippen molar-refractivity contribution in [2.45, 2.75) is 71.8 Å². The number of amides is 3. The number of carbonyl (C=O) groups is 3. The average Bonchev–Trinajstić information content (AvgIpc) is 3.57. The van der Waals surface area contributed by atoms with Crippen LogP contribution in [0.4, 0.5) is 25.5 Å². The number of anilines is 2.